The smallest absolute Gasteiger partial charge is 0.270 e. The first-order valence-electron chi connectivity index (χ1n) is 8.23. The highest BCUT2D eigenvalue weighted by Crippen LogP contribution is 2.24. The predicted molar refractivity (Wildman–Crippen MR) is 110 cm³/mol. The number of para-hydroxylation sites is 1. The maximum atomic E-state index is 11.1. The van der Waals surface area contributed by atoms with Crippen molar-refractivity contribution in [2.75, 3.05) is 23.3 Å². The van der Waals surface area contributed by atoms with E-state index in [1.165, 1.54) is 12.1 Å². The van der Waals surface area contributed by atoms with Gasteiger partial charge in [0.25, 0.3) is 5.69 Å². The number of hydrazone groups is 1. The Morgan fingerprint density at radius 3 is 2.54 bits per heavy atom. The highest BCUT2D eigenvalue weighted by Gasteiger charge is 2.13. The molecule has 26 heavy (non-hydrogen) atoms. The molecule has 2 N–H and O–H groups in total. The molecule has 136 valence electrons. The maximum Gasteiger partial charge on any atom is 0.270 e. The highest BCUT2D eigenvalue weighted by atomic mass is 32.1. The van der Waals surface area contributed by atoms with Gasteiger partial charge in [0.15, 0.2) is 5.11 Å². The summed E-state index contributed by atoms with van der Waals surface area (Å²) in [5, 5.41) is 18.5. The topological polar surface area (TPSA) is 82.8 Å². The van der Waals surface area contributed by atoms with Gasteiger partial charge in [-0.05, 0) is 44.3 Å². The van der Waals surface area contributed by atoms with E-state index in [1.807, 2.05) is 44.2 Å². The number of nitro benzene ring substituents is 1. The molecule has 0 aliphatic heterocycles. The van der Waals surface area contributed by atoms with Crippen molar-refractivity contribution >= 4 is 40.6 Å². The van der Waals surface area contributed by atoms with Crippen molar-refractivity contribution in [3.05, 3.63) is 64.2 Å². The fraction of sp³-hybridized carbons (Fsp3) is 0.222. The van der Waals surface area contributed by atoms with Crippen molar-refractivity contribution in [1.29, 1.82) is 0 Å². The van der Waals surface area contributed by atoms with Gasteiger partial charge in [-0.25, -0.2) is 0 Å². The van der Waals surface area contributed by atoms with Gasteiger partial charge in [0.1, 0.15) is 0 Å². The Morgan fingerprint density at radius 2 is 1.92 bits per heavy atom. The van der Waals surface area contributed by atoms with Gasteiger partial charge in [-0.2, -0.15) is 5.10 Å². The SMILES string of the molecule is CCN(CC)c1ccc([N+](=O)[O-])cc1C=NNC(=S)Nc1ccccc1. The minimum Gasteiger partial charge on any atom is -0.372 e. The number of thiocarbonyl (C=S) groups is 1. The Bertz CT molecular complexity index is 791. The van der Waals surface area contributed by atoms with E-state index in [9.17, 15) is 10.1 Å². The second kappa shape index (κ2) is 9.47. The van der Waals surface area contributed by atoms with Crippen molar-refractivity contribution in [3.63, 3.8) is 0 Å². The Labute approximate surface area is 157 Å². The Hall–Kier alpha value is -3.00. The molecule has 7 nitrogen and oxygen atoms in total. The van der Waals surface area contributed by atoms with E-state index < -0.39 is 4.92 Å². The molecule has 0 atom stereocenters. The molecule has 0 aromatic heterocycles. The van der Waals surface area contributed by atoms with Gasteiger partial charge in [-0.1, -0.05) is 18.2 Å². The number of hydrogen-bond donors (Lipinski definition) is 2. The molecular formula is C18H21N5O2S. The van der Waals surface area contributed by atoms with Crippen LogP contribution < -0.4 is 15.6 Å². The average Bonchev–Trinajstić information content (AvgIpc) is 2.64. The number of nitrogens with zero attached hydrogens (tertiary/aromatic N) is 3. The summed E-state index contributed by atoms with van der Waals surface area (Å²) in [7, 11) is 0. The van der Waals surface area contributed by atoms with E-state index in [0.29, 0.717) is 10.7 Å². The summed E-state index contributed by atoms with van der Waals surface area (Å²) >= 11 is 5.19. The third-order valence-electron chi connectivity index (χ3n) is 3.73. The quantitative estimate of drug-likeness (QED) is 0.334. The number of rotatable bonds is 7. The maximum absolute atomic E-state index is 11.1. The molecule has 8 heteroatoms. The van der Waals surface area contributed by atoms with E-state index in [2.05, 4.69) is 20.7 Å². The van der Waals surface area contributed by atoms with Crippen LogP contribution in [0.25, 0.3) is 0 Å². The predicted octanol–water partition coefficient (Wildman–Crippen LogP) is 3.76. The number of nitrogens with one attached hydrogen (secondary N) is 2. The van der Waals surface area contributed by atoms with Crippen LogP contribution in [-0.4, -0.2) is 29.3 Å². The molecule has 0 aliphatic carbocycles. The number of benzene rings is 2. The molecule has 2 aromatic rings. The van der Waals surface area contributed by atoms with Gasteiger partial charge in [-0.15, -0.1) is 0 Å². The van der Waals surface area contributed by atoms with E-state index in [4.69, 9.17) is 12.2 Å². The highest BCUT2D eigenvalue weighted by molar-refractivity contribution is 7.80. The van der Waals surface area contributed by atoms with Crippen LogP contribution in [0.4, 0.5) is 17.1 Å². The lowest BCUT2D eigenvalue weighted by Crippen LogP contribution is -2.25. The van der Waals surface area contributed by atoms with Crippen molar-refractivity contribution in [2.24, 2.45) is 5.10 Å². The van der Waals surface area contributed by atoms with Crippen LogP contribution in [0.15, 0.2) is 53.6 Å². The van der Waals surface area contributed by atoms with E-state index in [0.717, 1.165) is 24.5 Å². The van der Waals surface area contributed by atoms with Crippen LogP contribution >= 0.6 is 12.2 Å². The normalized spacial score (nSPS) is 10.5. The third kappa shape index (κ3) is 5.25. The zero-order chi connectivity index (χ0) is 18.9. The third-order valence-corrected chi connectivity index (χ3v) is 3.92. The van der Waals surface area contributed by atoms with Crippen LogP contribution in [0.3, 0.4) is 0 Å². The van der Waals surface area contributed by atoms with Gasteiger partial charge in [-0.3, -0.25) is 15.5 Å². The lowest BCUT2D eigenvalue weighted by Gasteiger charge is -2.22. The standard InChI is InChI=1S/C18H21N5O2S/c1-3-22(4-2)17-11-10-16(23(24)25)12-14(17)13-19-21-18(26)20-15-8-6-5-7-9-15/h5-13H,3-4H2,1-2H3,(H2,20,21,26). The lowest BCUT2D eigenvalue weighted by molar-refractivity contribution is -0.384. The summed E-state index contributed by atoms with van der Waals surface area (Å²) in [5.74, 6) is 0. The van der Waals surface area contributed by atoms with Gasteiger partial charge in [0.05, 0.1) is 11.1 Å². The van der Waals surface area contributed by atoms with Crippen LogP contribution in [0.2, 0.25) is 0 Å². The summed E-state index contributed by atoms with van der Waals surface area (Å²) in [6.45, 7) is 5.64. The second-order valence-corrected chi connectivity index (χ2v) is 5.77. The zero-order valence-corrected chi connectivity index (χ0v) is 15.5. The molecule has 0 heterocycles. The first-order valence-corrected chi connectivity index (χ1v) is 8.64. The fourth-order valence-corrected chi connectivity index (χ4v) is 2.62. The van der Waals surface area contributed by atoms with Crippen molar-refractivity contribution in [1.82, 2.24) is 5.43 Å². The van der Waals surface area contributed by atoms with Crippen molar-refractivity contribution in [3.8, 4) is 0 Å². The molecule has 0 unspecified atom stereocenters. The summed E-state index contributed by atoms with van der Waals surface area (Å²) in [4.78, 5) is 12.7. The molecule has 2 aromatic carbocycles. The minimum absolute atomic E-state index is 0.0207. The monoisotopic (exact) mass is 371 g/mol. The zero-order valence-electron chi connectivity index (χ0n) is 14.7. The summed E-state index contributed by atoms with van der Waals surface area (Å²) in [5.41, 5.74) is 5.13. The van der Waals surface area contributed by atoms with E-state index in [1.54, 1.807) is 12.3 Å². The average molecular weight is 371 g/mol. The van der Waals surface area contributed by atoms with Crippen molar-refractivity contribution in [2.45, 2.75) is 13.8 Å². The van der Waals surface area contributed by atoms with Crippen LogP contribution in [0.5, 0.6) is 0 Å². The molecule has 0 amide bonds. The Morgan fingerprint density at radius 1 is 1.23 bits per heavy atom. The summed E-state index contributed by atoms with van der Waals surface area (Å²) < 4.78 is 0. The molecule has 0 spiro atoms. The van der Waals surface area contributed by atoms with Crippen LogP contribution in [-0.2, 0) is 0 Å². The van der Waals surface area contributed by atoms with Gasteiger partial charge >= 0.3 is 0 Å². The number of non-ortho nitro benzene ring substituents is 1. The largest absolute Gasteiger partial charge is 0.372 e. The van der Waals surface area contributed by atoms with Gasteiger partial charge in [0.2, 0.25) is 0 Å². The second-order valence-electron chi connectivity index (χ2n) is 5.36. The van der Waals surface area contributed by atoms with Crippen molar-refractivity contribution < 1.29 is 4.92 Å². The van der Waals surface area contributed by atoms with Crippen LogP contribution in [0.1, 0.15) is 19.4 Å². The van der Waals surface area contributed by atoms with Gasteiger partial charge < -0.3 is 10.2 Å². The molecule has 2 rings (SSSR count). The number of nitro groups is 1. The first-order chi connectivity index (χ1) is 12.5. The number of hydrogen-bond acceptors (Lipinski definition) is 5. The Balaban J connectivity index is 2.15. The van der Waals surface area contributed by atoms with E-state index >= 15 is 0 Å². The molecule has 0 radical (unpaired) electrons. The number of anilines is 2. The molecular weight excluding hydrogens is 350 g/mol. The first kappa shape index (κ1) is 19.3. The Kier molecular flexibility index (Phi) is 7.04. The van der Waals surface area contributed by atoms with E-state index in [-0.39, 0.29) is 5.69 Å². The molecule has 0 bridgehead atoms. The minimum atomic E-state index is -0.418. The fourth-order valence-electron chi connectivity index (χ4n) is 2.45. The van der Waals surface area contributed by atoms with Crippen LogP contribution in [0, 0.1) is 10.1 Å². The summed E-state index contributed by atoms with van der Waals surface area (Å²) in [6, 6.07) is 14.2. The molecule has 0 saturated carbocycles. The lowest BCUT2D eigenvalue weighted by atomic mass is 10.1. The molecule has 0 fully saturated rings. The molecule has 0 aliphatic rings. The summed E-state index contributed by atoms with van der Waals surface area (Å²) in [6.07, 6.45) is 1.54. The van der Waals surface area contributed by atoms with Gasteiger partial charge in [0, 0.05) is 42.2 Å². The molecule has 0 saturated heterocycles.